The monoisotopic (exact) mass is 250 g/mol. The maximum absolute atomic E-state index is 8.75. The van der Waals surface area contributed by atoms with Crippen LogP contribution >= 0.6 is 0 Å². The van der Waals surface area contributed by atoms with Gasteiger partial charge in [0.05, 0.1) is 23.5 Å². The van der Waals surface area contributed by atoms with E-state index in [2.05, 4.69) is 11.1 Å². The predicted octanol–water partition coefficient (Wildman–Crippen LogP) is 3.58. The Labute approximate surface area is 112 Å². The van der Waals surface area contributed by atoms with E-state index in [0.717, 1.165) is 17.0 Å². The lowest BCUT2D eigenvalue weighted by atomic mass is 10.1. The first-order chi connectivity index (χ1) is 9.33. The van der Waals surface area contributed by atoms with Gasteiger partial charge in [-0.3, -0.25) is 4.98 Å². The minimum atomic E-state index is 0.550. The lowest BCUT2D eigenvalue weighted by Gasteiger charge is -2.04. The van der Waals surface area contributed by atoms with Crippen molar-refractivity contribution >= 4 is 0 Å². The van der Waals surface area contributed by atoms with Gasteiger partial charge >= 0.3 is 0 Å². The van der Waals surface area contributed by atoms with Crippen LogP contribution in [0.1, 0.15) is 12.5 Å². The van der Waals surface area contributed by atoms with E-state index in [1.807, 2.05) is 43.3 Å². The van der Waals surface area contributed by atoms with E-state index < -0.39 is 0 Å². The number of hydrogen-bond donors (Lipinski definition) is 0. The van der Waals surface area contributed by atoms with Crippen molar-refractivity contribution in [2.75, 3.05) is 6.61 Å². The molecule has 0 N–H and O–H groups in total. The Bertz CT molecular complexity index is 592. The van der Waals surface area contributed by atoms with Gasteiger partial charge in [-0.2, -0.15) is 5.26 Å². The van der Waals surface area contributed by atoms with Gasteiger partial charge in [0.1, 0.15) is 12.4 Å². The number of benzene rings is 1. The van der Waals surface area contributed by atoms with Crippen LogP contribution in [-0.4, -0.2) is 11.6 Å². The molecule has 0 saturated heterocycles. The van der Waals surface area contributed by atoms with Gasteiger partial charge in [-0.1, -0.05) is 24.3 Å². The van der Waals surface area contributed by atoms with E-state index in [1.54, 1.807) is 18.3 Å². The number of pyridine rings is 1. The van der Waals surface area contributed by atoms with Crippen molar-refractivity contribution in [1.29, 1.82) is 5.26 Å². The molecule has 3 heteroatoms. The first-order valence-electron chi connectivity index (χ1n) is 6.04. The molecule has 0 unspecified atom stereocenters. The zero-order chi connectivity index (χ0) is 13.5. The number of hydrogen-bond acceptors (Lipinski definition) is 3. The molecular formula is C16H14N2O. The van der Waals surface area contributed by atoms with Crippen LogP contribution in [0.2, 0.25) is 0 Å². The molecule has 2 aromatic rings. The summed E-state index contributed by atoms with van der Waals surface area (Å²) in [4.78, 5) is 4.35. The topological polar surface area (TPSA) is 45.9 Å². The molecule has 0 aliphatic rings. The van der Waals surface area contributed by atoms with Crippen molar-refractivity contribution in [2.45, 2.75) is 6.92 Å². The fourth-order valence-corrected chi connectivity index (χ4v) is 1.59. The van der Waals surface area contributed by atoms with E-state index in [4.69, 9.17) is 10.00 Å². The second-order valence-corrected chi connectivity index (χ2v) is 3.95. The molecule has 0 spiro atoms. The van der Waals surface area contributed by atoms with Crippen molar-refractivity contribution in [1.82, 2.24) is 4.98 Å². The van der Waals surface area contributed by atoms with Gasteiger partial charge in [0.2, 0.25) is 0 Å². The molecule has 19 heavy (non-hydrogen) atoms. The van der Waals surface area contributed by atoms with Gasteiger partial charge in [-0.25, -0.2) is 0 Å². The molecule has 0 aliphatic carbocycles. The summed E-state index contributed by atoms with van der Waals surface area (Å²) in [6, 6.07) is 13.2. The van der Waals surface area contributed by atoms with E-state index >= 15 is 0 Å². The number of nitrogens with zero attached hydrogens (tertiary/aromatic N) is 2. The Kier molecular flexibility index (Phi) is 4.30. The Morgan fingerprint density at radius 1 is 1.21 bits per heavy atom. The lowest BCUT2D eigenvalue weighted by Crippen LogP contribution is -1.94. The zero-order valence-electron chi connectivity index (χ0n) is 10.7. The van der Waals surface area contributed by atoms with Crippen LogP contribution in [0.5, 0.6) is 5.75 Å². The Hall–Kier alpha value is -2.60. The molecule has 0 aliphatic heterocycles. The average Bonchev–Trinajstić information content (AvgIpc) is 2.48. The Morgan fingerprint density at radius 3 is 2.58 bits per heavy atom. The number of nitriles is 1. The molecule has 0 amide bonds. The first kappa shape index (κ1) is 12.8. The average molecular weight is 250 g/mol. The highest BCUT2D eigenvalue weighted by atomic mass is 16.5. The summed E-state index contributed by atoms with van der Waals surface area (Å²) in [5.41, 5.74) is 2.50. The summed E-state index contributed by atoms with van der Waals surface area (Å²) < 4.78 is 5.48. The summed E-state index contributed by atoms with van der Waals surface area (Å²) in [7, 11) is 0. The minimum absolute atomic E-state index is 0.550. The minimum Gasteiger partial charge on any atom is -0.488 e. The summed E-state index contributed by atoms with van der Waals surface area (Å²) >= 11 is 0. The largest absolute Gasteiger partial charge is 0.488 e. The summed E-state index contributed by atoms with van der Waals surface area (Å²) in [5, 5.41) is 8.75. The van der Waals surface area contributed by atoms with Crippen LogP contribution in [0.25, 0.3) is 11.3 Å². The van der Waals surface area contributed by atoms with Crippen LogP contribution in [-0.2, 0) is 0 Å². The van der Waals surface area contributed by atoms with E-state index in [9.17, 15) is 0 Å². The highest BCUT2D eigenvalue weighted by Crippen LogP contribution is 2.19. The standard InChI is InChI=1S/C16H14N2O/c1-2-3-10-19-15-8-9-16(18-12-15)14-6-4-13(11-17)5-7-14/h2-9,12H,10H2,1H3. The van der Waals surface area contributed by atoms with Gasteiger partial charge in [0.25, 0.3) is 0 Å². The summed E-state index contributed by atoms with van der Waals surface area (Å²) in [5.74, 6) is 0.746. The van der Waals surface area contributed by atoms with Crippen molar-refractivity contribution < 1.29 is 4.74 Å². The van der Waals surface area contributed by atoms with E-state index in [1.165, 1.54) is 0 Å². The van der Waals surface area contributed by atoms with Crippen molar-refractivity contribution in [3.63, 3.8) is 0 Å². The van der Waals surface area contributed by atoms with Gasteiger partial charge in [0, 0.05) is 5.56 Å². The van der Waals surface area contributed by atoms with Crippen LogP contribution in [0.15, 0.2) is 54.7 Å². The van der Waals surface area contributed by atoms with Crippen LogP contribution in [0.4, 0.5) is 0 Å². The SMILES string of the molecule is CC=CCOc1ccc(-c2ccc(C#N)cc2)nc1. The third-order valence-corrected chi connectivity index (χ3v) is 2.63. The molecular weight excluding hydrogens is 236 g/mol. The van der Waals surface area contributed by atoms with Crippen molar-refractivity contribution in [3.8, 4) is 23.1 Å². The second kappa shape index (κ2) is 6.36. The molecule has 1 aromatic heterocycles. The number of ether oxygens (including phenoxy) is 1. The number of allylic oxidation sites excluding steroid dienone is 1. The molecule has 1 aromatic carbocycles. The van der Waals surface area contributed by atoms with Gasteiger partial charge in [0.15, 0.2) is 0 Å². The van der Waals surface area contributed by atoms with Gasteiger partial charge in [-0.05, 0) is 31.2 Å². The summed E-state index contributed by atoms with van der Waals surface area (Å²) in [6.45, 7) is 2.50. The summed E-state index contributed by atoms with van der Waals surface area (Å²) in [6.07, 6.45) is 5.59. The normalized spacial score (nSPS) is 10.3. The fraction of sp³-hybridized carbons (Fsp3) is 0.125. The third-order valence-electron chi connectivity index (χ3n) is 2.63. The Balaban J connectivity index is 2.11. The molecule has 2 rings (SSSR count). The van der Waals surface area contributed by atoms with Crippen molar-refractivity contribution in [3.05, 3.63) is 60.3 Å². The van der Waals surface area contributed by atoms with E-state index in [0.29, 0.717) is 12.2 Å². The van der Waals surface area contributed by atoms with Gasteiger partial charge < -0.3 is 4.74 Å². The first-order valence-corrected chi connectivity index (χ1v) is 6.04. The smallest absolute Gasteiger partial charge is 0.138 e. The molecule has 0 bridgehead atoms. The zero-order valence-corrected chi connectivity index (χ0v) is 10.7. The van der Waals surface area contributed by atoms with Crippen LogP contribution in [0, 0.1) is 11.3 Å². The molecule has 0 saturated carbocycles. The molecule has 3 nitrogen and oxygen atoms in total. The molecule has 1 heterocycles. The quantitative estimate of drug-likeness (QED) is 0.779. The van der Waals surface area contributed by atoms with Gasteiger partial charge in [-0.15, -0.1) is 0 Å². The maximum Gasteiger partial charge on any atom is 0.138 e. The molecule has 0 atom stereocenters. The number of rotatable bonds is 4. The maximum atomic E-state index is 8.75. The Morgan fingerprint density at radius 2 is 2.00 bits per heavy atom. The lowest BCUT2D eigenvalue weighted by molar-refractivity contribution is 0.361. The highest BCUT2D eigenvalue weighted by Gasteiger charge is 2.00. The highest BCUT2D eigenvalue weighted by molar-refractivity contribution is 5.60. The van der Waals surface area contributed by atoms with E-state index in [-0.39, 0.29) is 0 Å². The van der Waals surface area contributed by atoms with Crippen LogP contribution < -0.4 is 4.74 Å². The van der Waals surface area contributed by atoms with Crippen molar-refractivity contribution in [2.24, 2.45) is 0 Å². The molecule has 0 fully saturated rings. The second-order valence-electron chi connectivity index (χ2n) is 3.95. The molecule has 0 radical (unpaired) electrons. The van der Waals surface area contributed by atoms with Crippen LogP contribution in [0.3, 0.4) is 0 Å². The molecule has 94 valence electrons. The predicted molar refractivity (Wildman–Crippen MR) is 74.7 cm³/mol. The third kappa shape index (κ3) is 3.43. The number of aromatic nitrogens is 1. The fourth-order valence-electron chi connectivity index (χ4n) is 1.59.